The van der Waals surface area contributed by atoms with Crippen molar-refractivity contribution in [3.63, 3.8) is 0 Å². The Labute approximate surface area is 161 Å². The van der Waals surface area contributed by atoms with Crippen LogP contribution in [0.4, 0.5) is 5.69 Å². The summed E-state index contributed by atoms with van der Waals surface area (Å²) in [6.07, 6.45) is 6.34. The first-order chi connectivity index (χ1) is 13.2. The number of aryl methyl sites for hydroxylation is 1. The van der Waals surface area contributed by atoms with Gasteiger partial charge in [0, 0.05) is 50.2 Å². The third-order valence-electron chi connectivity index (χ3n) is 5.90. The van der Waals surface area contributed by atoms with Crippen LogP contribution < -0.4 is 9.64 Å². The molecule has 4 rings (SSSR count). The van der Waals surface area contributed by atoms with Gasteiger partial charge in [-0.3, -0.25) is 4.90 Å². The minimum atomic E-state index is 0.180. The molecule has 0 aliphatic carbocycles. The number of rotatable bonds is 4. The zero-order valence-corrected chi connectivity index (χ0v) is 16.4. The largest absolute Gasteiger partial charge is 0.497 e. The van der Waals surface area contributed by atoms with E-state index in [9.17, 15) is 0 Å². The lowest BCUT2D eigenvalue weighted by atomic mass is 9.80. The van der Waals surface area contributed by atoms with E-state index in [1.807, 2.05) is 24.5 Å². The first-order valence-electron chi connectivity index (χ1n) is 9.83. The van der Waals surface area contributed by atoms with Gasteiger partial charge in [0.1, 0.15) is 11.6 Å². The standard InChI is InChI=1S/C21H30N4O2/c1-23-11-9-22-20(23)14-24-10-3-8-21(15-24)16-25(12-13-27-17-21)18-4-6-19(26-2)7-5-18/h4-7,9,11H,3,8,10,12-17H2,1-2H3/t21-/m1/s1. The topological polar surface area (TPSA) is 42.8 Å². The van der Waals surface area contributed by atoms with Gasteiger partial charge in [-0.25, -0.2) is 4.98 Å². The molecule has 6 heteroatoms. The van der Waals surface area contributed by atoms with Gasteiger partial charge in [-0.05, 0) is 43.7 Å². The number of ether oxygens (including phenoxy) is 2. The van der Waals surface area contributed by atoms with Crippen LogP contribution in [0.3, 0.4) is 0 Å². The van der Waals surface area contributed by atoms with Crippen LogP contribution >= 0.6 is 0 Å². The Morgan fingerprint density at radius 1 is 1.19 bits per heavy atom. The molecule has 2 saturated heterocycles. The van der Waals surface area contributed by atoms with Crippen molar-refractivity contribution in [1.29, 1.82) is 0 Å². The van der Waals surface area contributed by atoms with E-state index in [4.69, 9.17) is 9.47 Å². The fraction of sp³-hybridized carbons (Fsp3) is 0.571. The highest BCUT2D eigenvalue weighted by atomic mass is 16.5. The van der Waals surface area contributed by atoms with Crippen molar-refractivity contribution in [1.82, 2.24) is 14.5 Å². The van der Waals surface area contributed by atoms with Crippen LogP contribution in [0.5, 0.6) is 5.75 Å². The van der Waals surface area contributed by atoms with Crippen LogP contribution in [-0.4, -0.2) is 61.0 Å². The quantitative estimate of drug-likeness (QED) is 0.827. The van der Waals surface area contributed by atoms with Crippen LogP contribution in [0.15, 0.2) is 36.7 Å². The van der Waals surface area contributed by atoms with E-state index in [2.05, 4.69) is 38.5 Å². The number of aromatic nitrogens is 2. The number of imidazole rings is 1. The van der Waals surface area contributed by atoms with Crippen LogP contribution in [-0.2, 0) is 18.3 Å². The highest BCUT2D eigenvalue weighted by Gasteiger charge is 2.39. The molecule has 2 aliphatic heterocycles. The fourth-order valence-electron chi connectivity index (χ4n) is 4.45. The van der Waals surface area contributed by atoms with E-state index in [1.165, 1.54) is 18.5 Å². The molecular weight excluding hydrogens is 340 g/mol. The average molecular weight is 370 g/mol. The Kier molecular flexibility index (Phi) is 5.36. The van der Waals surface area contributed by atoms with E-state index < -0.39 is 0 Å². The van der Waals surface area contributed by atoms with Crippen LogP contribution in [0.2, 0.25) is 0 Å². The summed E-state index contributed by atoms with van der Waals surface area (Å²) in [5, 5.41) is 0. The minimum absolute atomic E-state index is 0.180. The second kappa shape index (κ2) is 7.90. The van der Waals surface area contributed by atoms with Gasteiger partial charge in [0.25, 0.3) is 0 Å². The van der Waals surface area contributed by atoms with Crippen molar-refractivity contribution in [2.75, 3.05) is 51.4 Å². The van der Waals surface area contributed by atoms with E-state index in [-0.39, 0.29) is 5.41 Å². The van der Waals surface area contributed by atoms with Crippen molar-refractivity contribution >= 4 is 5.69 Å². The molecule has 0 amide bonds. The van der Waals surface area contributed by atoms with Gasteiger partial charge in [0.15, 0.2) is 0 Å². The molecule has 0 bridgehead atoms. The Bertz CT molecular complexity index is 745. The lowest BCUT2D eigenvalue weighted by molar-refractivity contribution is 0.00969. The normalized spacial score (nSPS) is 24.1. The zero-order chi connectivity index (χ0) is 18.7. The van der Waals surface area contributed by atoms with Gasteiger partial charge in [0.05, 0.1) is 26.9 Å². The van der Waals surface area contributed by atoms with Crippen molar-refractivity contribution < 1.29 is 9.47 Å². The molecule has 1 aromatic carbocycles. The van der Waals surface area contributed by atoms with Crippen molar-refractivity contribution in [3.8, 4) is 5.75 Å². The first-order valence-corrected chi connectivity index (χ1v) is 9.83. The summed E-state index contributed by atoms with van der Waals surface area (Å²) in [7, 11) is 3.78. The maximum Gasteiger partial charge on any atom is 0.122 e. The highest BCUT2D eigenvalue weighted by Crippen LogP contribution is 2.35. The summed E-state index contributed by atoms with van der Waals surface area (Å²) < 4.78 is 13.5. The van der Waals surface area contributed by atoms with Crippen molar-refractivity contribution in [2.45, 2.75) is 19.4 Å². The SMILES string of the molecule is COc1ccc(N2CCOC[C@@]3(CCCN(Cc4nccn4C)C3)C2)cc1. The predicted octanol–water partition coefficient (Wildman–Crippen LogP) is 2.55. The number of piperidine rings is 1. The van der Waals surface area contributed by atoms with E-state index in [1.54, 1.807) is 7.11 Å². The monoisotopic (exact) mass is 370 g/mol. The Morgan fingerprint density at radius 2 is 2.04 bits per heavy atom. The minimum Gasteiger partial charge on any atom is -0.497 e. The Balaban J connectivity index is 1.48. The van der Waals surface area contributed by atoms with E-state index in [0.29, 0.717) is 0 Å². The molecule has 2 aromatic rings. The summed E-state index contributed by atoms with van der Waals surface area (Å²) in [4.78, 5) is 9.54. The molecule has 0 saturated carbocycles. The Morgan fingerprint density at radius 3 is 2.78 bits per heavy atom. The number of likely N-dealkylation sites (tertiary alicyclic amines) is 1. The maximum absolute atomic E-state index is 6.08. The summed E-state index contributed by atoms with van der Waals surface area (Å²) in [5.41, 5.74) is 1.43. The van der Waals surface area contributed by atoms with Gasteiger partial charge in [-0.2, -0.15) is 0 Å². The first kappa shape index (κ1) is 18.3. The van der Waals surface area contributed by atoms with Crippen molar-refractivity contribution in [2.24, 2.45) is 12.5 Å². The second-order valence-electron chi connectivity index (χ2n) is 7.94. The zero-order valence-electron chi connectivity index (χ0n) is 16.4. The van der Waals surface area contributed by atoms with Gasteiger partial charge >= 0.3 is 0 Å². The average Bonchev–Trinajstić information content (AvgIpc) is 2.97. The predicted molar refractivity (Wildman–Crippen MR) is 106 cm³/mol. The summed E-state index contributed by atoms with van der Waals surface area (Å²) in [6, 6.07) is 8.41. The van der Waals surface area contributed by atoms with Gasteiger partial charge in [-0.15, -0.1) is 0 Å². The molecule has 0 N–H and O–H groups in total. The number of nitrogens with zero attached hydrogens (tertiary/aromatic N) is 4. The molecule has 6 nitrogen and oxygen atoms in total. The molecule has 1 spiro atoms. The second-order valence-corrected chi connectivity index (χ2v) is 7.94. The highest BCUT2D eigenvalue weighted by molar-refractivity contribution is 5.49. The fourth-order valence-corrected chi connectivity index (χ4v) is 4.45. The molecular formula is C21H30N4O2. The summed E-state index contributed by atoms with van der Waals surface area (Å²) in [6.45, 7) is 6.71. The van der Waals surface area contributed by atoms with Gasteiger partial charge in [0.2, 0.25) is 0 Å². The van der Waals surface area contributed by atoms with Crippen LogP contribution in [0.1, 0.15) is 18.7 Å². The van der Waals surface area contributed by atoms with E-state index in [0.717, 1.165) is 57.5 Å². The summed E-state index contributed by atoms with van der Waals surface area (Å²) >= 11 is 0. The molecule has 2 fully saturated rings. The number of benzene rings is 1. The van der Waals surface area contributed by atoms with E-state index >= 15 is 0 Å². The third-order valence-corrected chi connectivity index (χ3v) is 5.90. The number of anilines is 1. The number of hydrogen-bond acceptors (Lipinski definition) is 5. The molecule has 0 unspecified atom stereocenters. The third kappa shape index (κ3) is 4.12. The molecule has 3 heterocycles. The Hall–Kier alpha value is -2.05. The molecule has 1 atom stereocenters. The molecule has 1 aromatic heterocycles. The van der Waals surface area contributed by atoms with Crippen LogP contribution in [0, 0.1) is 5.41 Å². The van der Waals surface area contributed by atoms with Crippen LogP contribution in [0.25, 0.3) is 0 Å². The molecule has 27 heavy (non-hydrogen) atoms. The van der Waals surface area contributed by atoms with Gasteiger partial charge in [-0.1, -0.05) is 0 Å². The molecule has 0 radical (unpaired) electrons. The number of methoxy groups -OCH3 is 1. The summed E-state index contributed by atoms with van der Waals surface area (Å²) in [5.74, 6) is 2.03. The number of hydrogen-bond donors (Lipinski definition) is 0. The van der Waals surface area contributed by atoms with Gasteiger partial charge < -0.3 is 18.9 Å². The lowest BCUT2D eigenvalue weighted by Gasteiger charge is -2.44. The molecule has 146 valence electrons. The smallest absolute Gasteiger partial charge is 0.122 e. The molecule has 2 aliphatic rings. The lowest BCUT2D eigenvalue weighted by Crippen LogP contribution is -2.50. The maximum atomic E-state index is 6.08. The van der Waals surface area contributed by atoms with Crippen molar-refractivity contribution in [3.05, 3.63) is 42.5 Å².